The Bertz CT molecular complexity index is 1190. The van der Waals surface area contributed by atoms with Crippen LogP contribution in [0.1, 0.15) is 11.3 Å². The molecule has 146 valence electrons. The molecule has 29 heavy (non-hydrogen) atoms. The summed E-state index contributed by atoms with van der Waals surface area (Å²) in [7, 11) is 1.97. The van der Waals surface area contributed by atoms with Gasteiger partial charge in [-0.05, 0) is 31.2 Å². The van der Waals surface area contributed by atoms with E-state index in [4.69, 9.17) is 14.5 Å². The van der Waals surface area contributed by atoms with Crippen LogP contribution < -0.4 is 9.47 Å². The van der Waals surface area contributed by atoms with E-state index in [1.165, 1.54) is 5.56 Å². The van der Waals surface area contributed by atoms with Crippen molar-refractivity contribution >= 4 is 23.1 Å². The van der Waals surface area contributed by atoms with E-state index in [9.17, 15) is 0 Å². The summed E-state index contributed by atoms with van der Waals surface area (Å²) in [6, 6.07) is 14.2. The minimum Gasteiger partial charge on any atom is -0.454 e. The first-order chi connectivity index (χ1) is 14.2. The van der Waals surface area contributed by atoms with Crippen LogP contribution in [0.3, 0.4) is 0 Å². The summed E-state index contributed by atoms with van der Waals surface area (Å²) in [5.41, 5.74) is 4.40. The summed E-state index contributed by atoms with van der Waals surface area (Å²) in [4.78, 5) is 4.78. The minimum absolute atomic E-state index is 0.261. The molecule has 0 spiro atoms. The number of ether oxygens (including phenoxy) is 2. The van der Waals surface area contributed by atoms with Crippen molar-refractivity contribution in [2.24, 2.45) is 7.05 Å². The standard InChI is InChI=1S/C21H18N4O2S2/c1-13-4-3-5-15(8-13)20-22-16(10-28-20)11-29-21-24-23-19(25(21)2)14-6-7-17-18(9-14)27-12-26-17/h3-10H,11-12H2,1-2H3. The number of rotatable bonds is 5. The summed E-state index contributed by atoms with van der Waals surface area (Å²) < 4.78 is 12.8. The molecule has 8 heteroatoms. The van der Waals surface area contributed by atoms with Crippen LogP contribution in [0.5, 0.6) is 11.5 Å². The summed E-state index contributed by atoms with van der Waals surface area (Å²) in [5.74, 6) is 3.05. The fourth-order valence-corrected chi connectivity index (χ4v) is 4.88. The lowest BCUT2D eigenvalue weighted by Gasteiger charge is -2.04. The predicted molar refractivity (Wildman–Crippen MR) is 114 cm³/mol. The molecule has 0 saturated carbocycles. The highest BCUT2D eigenvalue weighted by molar-refractivity contribution is 7.98. The Kier molecular flexibility index (Phi) is 4.73. The summed E-state index contributed by atoms with van der Waals surface area (Å²) in [6.07, 6.45) is 0. The highest BCUT2D eigenvalue weighted by atomic mass is 32.2. The van der Waals surface area contributed by atoms with Crippen LogP contribution >= 0.6 is 23.1 Å². The highest BCUT2D eigenvalue weighted by Gasteiger charge is 2.17. The van der Waals surface area contributed by atoms with Crippen LogP contribution in [0, 0.1) is 6.92 Å². The van der Waals surface area contributed by atoms with Gasteiger partial charge in [0, 0.05) is 29.3 Å². The molecule has 0 bridgehead atoms. The molecule has 0 radical (unpaired) electrons. The largest absolute Gasteiger partial charge is 0.454 e. The van der Waals surface area contributed by atoms with E-state index in [2.05, 4.69) is 46.8 Å². The first-order valence-electron chi connectivity index (χ1n) is 9.11. The smallest absolute Gasteiger partial charge is 0.231 e. The van der Waals surface area contributed by atoms with Gasteiger partial charge in [-0.25, -0.2) is 4.98 Å². The molecule has 3 heterocycles. The maximum Gasteiger partial charge on any atom is 0.231 e. The van der Waals surface area contributed by atoms with Gasteiger partial charge in [-0.2, -0.15) is 0 Å². The number of fused-ring (bicyclic) bond motifs is 1. The lowest BCUT2D eigenvalue weighted by atomic mass is 10.1. The van der Waals surface area contributed by atoms with E-state index in [0.29, 0.717) is 0 Å². The van der Waals surface area contributed by atoms with Crippen LogP contribution in [0.2, 0.25) is 0 Å². The van der Waals surface area contributed by atoms with Crippen molar-refractivity contribution < 1.29 is 9.47 Å². The Morgan fingerprint density at radius 2 is 1.97 bits per heavy atom. The molecule has 0 saturated heterocycles. The molecule has 0 amide bonds. The van der Waals surface area contributed by atoms with Gasteiger partial charge in [0.15, 0.2) is 22.5 Å². The summed E-state index contributed by atoms with van der Waals surface area (Å²) in [6.45, 7) is 2.36. The molecule has 6 nitrogen and oxygen atoms in total. The molecule has 0 unspecified atom stereocenters. The Labute approximate surface area is 176 Å². The fraction of sp³-hybridized carbons (Fsp3) is 0.190. The number of benzene rings is 2. The Hall–Kier alpha value is -2.84. The molecule has 1 aliphatic heterocycles. The van der Waals surface area contributed by atoms with Crippen LogP contribution in [-0.2, 0) is 12.8 Å². The molecule has 2 aromatic carbocycles. The van der Waals surface area contributed by atoms with Gasteiger partial charge in [-0.3, -0.25) is 0 Å². The van der Waals surface area contributed by atoms with Gasteiger partial charge in [0.25, 0.3) is 0 Å². The average Bonchev–Trinajstić information content (AvgIpc) is 3.46. The lowest BCUT2D eigenvalue weighted by Crippen LogP contribution is -1.95. The number of aryl methyl sites for hydroxylation is 1. The third-order valence-corrected chi connectivity index (χ3v) is 6.63. The fourth-order valence-electron chi connectivity index (χ4n) is 3.15. The van der Waals surface area contributed by atoms with Crippen molar-refractivity contribution in [3.05, 3.63) is 59.1 Å². The molecule has 0 atom stereocenters. The zero-order valence-electron chi connectivity index (χ0n) is 16.0. The molecule has 0 fully saturated rings. The molecule has 0 aliphatic carbocycles. The SMILES string of the molecule is Cc1cccc(-c2nc(CSc3nnc(-c4ccc5c(c4)OCO5)n3C)cs2)c1. The number of aromatic nitrogens is 4. The van der Waals surface area contributed by atoms with Crippen LogP contribution in [0.4, 0.5) is 0 Å². The zero-order chi connectivity index (χ0) is 19.8. The number of hydrogen-bond donors (Lipinski definition) is 0. The van der Waals surface area contributed by atoms with Gasteiger partial charge in [0.2, 0.25) is 6.79 Å². The van der Waals surface area contributed by atoms with Crippen LogP contribution in [0.15, 0.2) is 53.0 Å². The van der Waals surface area contributed by atoms with Crippen molar-refractivity contribution in [1.82, 2.24) is 19.7 Å². The van der Waals surface area contributed by atoms with E-state index in [-0.39, 0.29) is 6.79 Å². The van der Waals surface area contributed by atoms with E-state index < -0.39 is 0 Å². The third kappa shape index (κ3) is 3.61. The van der Waals surface area contributed by atoms with Gasteiger partial charge in [0.1, 0.15) is 5.01 Å². The maximum atomic E-state index is 5.47. The Balaban J connectivity index is 1.31. The molecular weight excluding hydrogens is 404 g/mol. The topological polar surface area (TPSA) is 62.1 Å². The van der Waals surface area contributed by atoms with E-state index >= 15 is 0 Å². The van der Waals surface area contributed by atoms with Crippen LogP contribution in [-0.4, -0.2) is 26.5 Å². The number of nitrogens with zero attached hydrogens (tertiary/aromatic N) is 4. The van der Waals surface area contributed by atoms with Crippen molar-refractivity contribution in [2.75, 3.05) is 6.79 Å². The first-order valence-corrected chi connectivity index (χ1v) is 11.0. The van der Waals surface area contributed by atoms with E-state index in [1.807, 2.05) is 29.8 Å². The van der Waals surface area contributed by atoms with Gasteiger partial charge < -0.3 is 14.0 Å². The molecule has 4 aromatic rings. The molecule has 1 aliphatic rings. The average molecular weight is 423 g/mol. The number of hydrogen-bond acceptors (Lipinski definition) is 7. The van der Waals surface area contributed by atoms with Crippen molar-refractivity contribution in [3.63, 3.8) is 0 Å². The van der Waals surface area contributed by atoms with Crippen LogP contribution in [0.25, 0.3) is 22.0 Å². The Morgan fingerprint density at radius 1 is 1.07 bits per heavy atom. The highest BCUT2D eigenvalue weighted by Crippen LogP contribution is 2.36. The number of thioether (sulfide) groups is 1. The zero-order valence-corrected chi connectivity index (χ0v) is 17.6. The second-order valence-corrected chi connectivity index (χ2v) is 8.54. The molecule has 2 aromatic heterocycles. The summed E-state index contributed by atoms with van der Waals surface area (Å²) >= 11 is 3.30. The maximum absolute atomic E-state index is 5.47. The second kappa shape index (κ2) is 7.53. The second-order valence-electron chi connectivity index (χ2n) is 6.74. The normalized spacial score (nSPS) is 12.5. The minimum atomic E-state index is 0.261. The van der Waals surface area contributed by atoms with E-state index in [0.717, 1.165) is 50.1 Å². The molecular formula is C21H18N4O2S2. The number of thiazole rings is 1. The van der Waals surface area contributed by atoms with Gasteiger partial charge in [-0.15, -0.1) is 21.5 Å². The summed E-state index contributed by atoms with van der Waals surface area (Å²) in [5, 5.41) is 12.7. The van der Waals surface area contributed by atoms with Crippen molar-refractivity contribution in [1.29, 1.82) is 0 Å². The van der Waals surface area contributed by atoms with Crippen molar-refractivity contribution in [3.8, 4) is 33.5 Å². The first kappa shape index (κ1) is 18.2. The Morgan fingerprint density at radius 3 is 2.86 bits per heavy atom. The molecule has 0 N–H and O–H groups in total. The van der Waals surface area contributed by atoms with Gasteiger partial charge >= 0.3 is 0 Å². The van der Waals surface area contributed by atoms with Crippen molar-refractivity contribution in [2.45, 2.75) is 17.8 Å². The predicted octanol–water partition coefficient (Wildman–Crippen LogP) is 4.94. The lowest BCUT2D eigenvalue weighted by molar-refractivity contribution is 0.174. The van der Waals surface area contributed by atoms with E-state index in [1.54, 1.807) is 23.1 Å². The van der Waals surface area contributed by atoms with Gasteiger partial charge in [0.05, 0.1) is 5.69 Å². The van der Waals surface area contributed by atoms with Gasteiger partial charge in [-0.1, -0.05) is 35.5 Å². The monoisotopic (exact) mass is 422 g/mol. The molecule has 5 rings (SSSR count). The third-order valence-electron chi connectivity index (χ3n) is 4.63. The quantitative estimate of drug-likeness (QED) is 0.425.